The van der Waals surface area contributed by atoms with E-state index in [2.05, 4.69) is 10.2 Å². The van der Waals surface area contributed by atoms with Gasteiger partial charge in [-0.15, -0.1) is 10.2 Å². The molecule has 0 aliphatic heterocycles. The number of rotatable bonds is 4. The van der Waals surface area contributed by atoms with E-state index in [9.17, 15) is 8.42 Å². The SMILES string of the molecule is CS(=O)(=O)C1CCCC(Sc2nnc(CN)o2)C1. The number of aromatic nitrogens is 2. The van der Waals surface area contributed by atoms with E-state index < -0.39 is 9.84 Å². The van der Waals surface area contributed by atoms with Crippen LogP contribution in [-0.2, 0) is 16.4 Å². The molecule has 1 aromatic rings. The Morgan fingerprint density at radius 1 is 1.44 bits per heavy atom. The lowest BCUT2D eigenvalue weighted by Crippen LogP contribution is -2.28. The fourth-order valence-corrected chi connectivity index (χ4v) is 4.54. The van der Waals surface area contributed by atoms with Crippen LogP contribution < -0.4 is 5.73 Å². The number of hydrogen-bond donors (Lipinski definition) is 1. The van der Waals surface area contributed by atoms with Crippen LogP contribution in [0.2, 0.25) is 0 Å². The number of sulfone groups is 1. The van der Waals surface area contributed by atoms with E-state index in [0.717, 1.165) is 19.3 Å². The highest BCUT2D eigenvalue weighted by molar-refractivity contribution is 7.99. The Morgan fingerprint density at radius 2 is 2.22 bits per heavy atom. The molecule has 0 saturated heterocycles. The highest BCUT2D eigenvalue weighted by Crippen LogP contribution is 2.35. The first-order chi connectivity index (χ1) is 8.49. The lowest BCUT2D eigenvalue weighted by atomic mass is 10.00. The molecule has 1 aliphatic rings. The van der Waals surface area contributed by atoms with Crippen molar-refractivity contribution >= 4 is 21.6 Å². The second kappa shape index (κ2) is 5.58. The van der Waals surface area contributed by atoms with E-state index >= 15 is 0 Å². The molecule has 2 rings (SSSR count). The summed E-state index contributed by atoms with van der Waals surface area (Å²) in [7, 11) is -2.95. The lowest BCUT2D eigenvalue weighted by Gasteiger charge is -2.26. The fraction of sp³-hybridized carbons (Fsp3) is 0.800. The molecule has 102 valence electrons. The molecule has 18 heavy (non-hydrogen) atoms. The molecular formula is C10H17N3O3S2. The topological polar surface area (TPSA) is 99.1 Å². The lowest BCUT2D eigenvalue weighted by molar-refractivity contribution is 0.411. The molecule has 0 aromatic carbocycles. The molecule has 2 unspecified atom stereocenters. The normalized spacial score (nSPS) is 25.2. The van der Waals surface area contributed by atoms with Crippen LogP contribution in [0.15, 0.2) is 9.64 Å². The summed E-state index contributed by atoms with van der Waals surface area (Å²) in [6, 6.07) is 0. The van der Waals surface area contributed by atoms with E-state index in [0.29, 0.717) is 17.5 Å². The minimum Gasteiger partial charge on any atom is -0.415 e. The van der Waals surface area contributed by atoms with Gasteiger partial charge < -0.3 is 10.2 Å². The van der Waals surface area contributed by atoms with Crippen molar-refractivity contribution in [1.29, 1.82) is 0 Å². The van der Waals surface area contributed by atoms with Crippen LogP contribution in [-0.4, -0.2) is 35.4 Å². The third-order valence-electron chi connectivity index (χ3n) is 3.07. The molecule has 0 amide bonds. The fourth-order valence-electron chi connectivity index (χ4n) is 2.11. The molecule has 8 heteroatoms. The number of hydrogen-bond acceptors (Lipinski definition) is 7. The Balaban J connectivity index is 1.97. The molecule has 6 nitrogen and oxygen atoms in total. The summed E-state index contributed by atoms with van der Waals surface area (Å²) < 4.78 is 28.4. The van der Waals surface area contributed by atoms with Crippen LogP contribution in [0.25, 0.3) is 0 Å². The third-order valence-corrected chi connectivity index (χ3v) is 5.84. The Morgan fingerprint density at radius 3 is 2.83 bits per heavy atom. The van der Waals surface area contributed by atoms with Crippen LogP contribution in [0.4, 0.5) is 0 Å². The van der Waals surface area contributed by atoms with Crippen molar-refractivity contribution in [2.75, 3.05) is 6.26 Å². The Labute approximate surface area is 111 Å². The van der Waals surface area contributed by atoms with Gasteiger partial charge in [-0.2, -0.15) is 0 Å². The van der Waals surface area contributed by atoms with E-state index in [-0.39, 0.29) is 17.0 Å². The van der Waals surface area contributed by atoms with Gasteiger partial charge in [0, 0.05) is 11.5 Å². The molecule has 1 saturated carbocycles. The van der Waals surface area contributed by atoms with Gasteiger partial charge in [0.05, 0.1) is 11.8 Å². The quantitative estimate of drug-likeness (QED) is 0.882. The molecule has 1 heterocycles. The van der Waals surface area contributed by atoms with E-state index in [4.69, 9.17) is 10.2 Å². The van der Waals surface area contributed by atoms with Crippen molar-refractivity contribution in [2.24, 2.45) is 5.73 Å². The largest absolute Gasteiger partial charge is 0.415 e. The highest BCUT2D eigenvalue weighted by Gasteiger charge is 2.30. The molecule has 2 atom stereocenters. The summed E-state index contributed by atoms with van der Waals surface area (Å²) in [5, 5.41) is 8.14. The van der Waals surface area contributed by atoms with Gasteiger partial charge in [-0.05, 0) is 19.3 Å². The summed E-state index contributed by atoms with van der Waals surface area (Å²) in [5.74, 6) is 0.410. The highest BCUT2D eigenvalue weighted by atomic mass is 32.2. The maximum absolute atomic E-state index is 11.6. The van der Waals surface area contributed by atoms with Gasteiger partial charge in [0.15, 0.2) is 0 Å². The summed E-state index contributed by atoms with van der Waals surface area (Å²) in [4.78, 5) is 0. The van der Waals surface area contributed by atoms with Gasteiger partial charge in [-0.1, -0.05) is 18.2 Å². The van der Waals surface area contributed by atoms with Gasteiger partial charge in [0.25, 0.3) is 5.22 Å². The Bertz CT molecular complexity index is 500. The van der Waals surface area contributed by atoms with Crippen LogP contribution >= 0.6 is 11.8 Å². The van der Waals surface area contributed by atoms with Crippen LogP contribution in [0.3, 0.4) is 0 Å². The van der Waals surface area contributed by atoms with Crippen molar-refractivity contribution in [3.63, 3.8) is 0 Å². The summed E-state index contributed by atoms with van der Waals surface area (Å²) in [5.41, 5.74) is 5.39. The molecule has 1 fully saturated rings. The molecule has 1 aliphatic carbocycles. The number of nitrogens with two attached hydrogens (primary N) is 1. The smallest absolute Gasteiger partial charge is 0.276 e. The average molecular weight is 291 g/mol. The zero-order valence-corrected chi connectivity index (χ0v) is 11.8. The van der Waals surface area contributed by atoms with Crippen LogP contribution in [0.1, 0.15) is 31.6 Å². The molecule has 0 bridgehead atoms. The van der Waals surface area contributed by atoms with E-state index in [1.165, 1.54) is 18.0 Å². The van der Waals surface area contributed by atoms with Crippen LogP contribution in [0, 0.1) is 0 Å². The summed E-state index contributed by atoms with van der Waals surface area (Å²) in [6.07, 6.45) is 4.63. The first kappa shape index (κ1) is 13.8. The average Bonchev–Trinajstić information content (AvgIpc) is 2.76. The molecule has 2 N–H and O–H groups in total. The standard InChI is InChI=1S/C10H17N3O3S2/c1-18(14,15)8-4-2-3-7(5-8)17-10-13-12-9(6-11)16-10/h7-8H,2-6,11H2,1H3. The molecule has 0 spiro atoms. The van der Waals surface area contributed by atoms with E-state index in [1.807, 2.05) is 0 Å². The Kier molecular flexibility index (Phi) is 4.29. The van der Waals surface area contributed by atoms with Crippen LogP contribution in [0.5, 0.6) is 0 Å². The molecule has 1 aromatic heterocycles. The molecular weight excluding hydrogens is 274 g/mol. The van der Waals surface area contributed by atoms with Crippen molar-refractivity contribution in [2.45, 2.75) is 48.0 Å². The van der Waals surface area contributed by atoms with Gasteiger partial charge in [-0.25, -0.2) is 8.42 Å². The number of thioether (sulfide) groups is 1. The predicted octanol–water partition coefficient (Wildman–Crippen LogP) is 0.976. The second-order valence-electron chi connectivity index (χ2n) is 4.52. The zero-order valence-electron chi connectivity index (χ0n) is 10.2. The summed E-state index contributed by atoms with van der Waals surface area (Å²) in [6.45, 7) is 0.226. The van der Waals surface area contributed by atoms with Crippen molar-refractivity contribution in [3.8, 4) is 0 Å². The van der Waals surface area contributed by atoms with Gasteiger partial charge in [-0.3, -0.25) is 0 Å². The van der Waals surface area contributed by atoms with Crippen molar-refractivity contribution < 1.29 is 12.8 Å². The van der Waals surface area contributed by atoms with E-state index in [1.54, 1.807) is 0 Å². The predicted molar refractivity (Wildman–Crippen MR) is 68.9 cm³/mol. The summed E-state index contributed by atoms with van der Waals surface area (Å²) >= 11 is 1.46. The maximum Gasteiger partial charge on any atom is 0.276 e. The number of nitrogens with zero attached hydrogens (tertiary/aromatic N) is 2. The Hall–Kier alpha value is -0.600. The van der Waals surface area contributed by atoms with Gasteiger partial charge in [0.1, 0.15) is 9.84 Å². The third kappa shape index (κ3) is 3.46. The van der Waals surface area contributed by atoms with Gasteiger partial charge >= 0.3 is 0 Å². The minimum atomic E-state index is -2.95. The molecule has 0 radical (unpaired) electrons. The maximum atomic E-state index is 11.6. The van der Waals surface area contributed by atoms with Crippen molar-refractivity contribution in [1.82, 2.24) is 10.2 Å². The second-order valence-corrected chi connectivity index (χ2v) is 8.10. The first-order valence-electron chi connectivity index (χ1n) is 5.87. The van der Waals surface area contributed by atoms with Gasteiger partial charge in [0.2, 0.25) is 5.89 Å². The monoisotopic (exact) mass is 291 g/mol. The first-order valence-corrected chi connectivity index (χ1v) is 8.70. The minimum absolute atomic E-state index is 0.226. The zero-order chi connectivity index (χ0) is 13.2. The van der Waals surface area contributed by atoms with Crippen molar-refractivity contribution in [3.05, 3.63) is 5.89 Å².